The Labute approximate surface area is 143 Å². The molecule has 4 nitrogen and oxygen atoms in total. The molecule has 24 heavy (non-hydrogen) atoms. The Balaban J connectivity index is 1.71. The Morgan fingerprint density at radius 3 is 2.62 bits per heavy atom. The third-order valence-corrected chi connectivity index (χ3v) is 4.63. The van der Waals surface area contributed by atoms with E-state index < -0.39 is 0 Å². The number of amides is 1. The Bertz CT molecular complexity index is 729. The second-order valence-electron chi connectivity index (χ2n) is 6.22. The van der Waals surface area contributed by atoms with E-state index in [0.717, 1.165) is 30.0 Å². The van der Waals surface area contributed by atoms with E-state index >= 15 is 0 Å². The van der Waals surface area contributed by atoms with Gasteiger partial charge < -0.3 is 9.64 Å². The van der Waals surface area contributed by atoms with Crippen molar-refractivity contribution in [2.75, 3.05) is 18.6 Å². The number of carbonyl (C=O) groups excluding carboxylic acids is 1. The Morgan fingerprint density at radius 1 is 1.12 bits per heavy atom. The first-order valence-electron chi connectivity index (χ1n) is 8.40. The van der Waals surface area contributed by atoms with Crippen molar-refractivity contribution in [2.24, 2.45) is 0 Å². The summed E-state index contributed by atoms with van der Waals surface area (Å²) in [5.74, 6) is 0.949. The summed E-state index contributed by atoms with van der Waals surface area (Å²) in [7, 11) is 1.67. The van der Waals surface area contributed by atoms with Crippen LogP contribution in [0.2, 0.25) is 0 Å². The molecule has 0 saturated heterocycles. The first-order valence-corrected chi connectivity index (χ1v) is 8.40. The molecule has 1 amide bonds. The van der Waals surface area contributed by atoms with Crippen molar-refractivity contribution >= 4 is 11.6 Å². The third-order valence-electron chi connectivity index (χ3n) is 4.63. The van der Waals surface area contributed by atoms with Crippen LogP contribution in [-0.4, -0.2) is 25.6 Å². The Hall–Kier alpha value is -2.33. The predicted octanol–water partition coefficient (Wildman–Crippen LogP) is 3.32. The zero-order valence-electron chi connectivity index (χ0n) is 14.5. The molecule has 0 unspecified atom stereocenters. The van der Waals surface area contributed by atoms with Crippen LogP contribution in [0.25, 0.3) is 0 Å². The summed E-state index contributed by atoms with van der Waals surface area (Å²) in [6, 6.07) is 15.8. The fourth-order valence-corrected chi connectivity index (χ4v) is 3.36. The van der Waals surface area contributed by atoms with Crippen molar-refractivity contribution in [2.45, 2.75) is 32.4 Å². The van der Waals surface area contributed by atoms with Crippen molar-refractivity contribution < 1.29 is 9.53 Å². The normalized spacial score (nSPS) is 15.7. The summed E-state index contributed by atoms with van der Waals surface area (Å²) in [6.45, 7) is 4.74. The van der Waals surface area contributed by atoms with Gasteiger partial charge in [0.15, 0.2) is 0 Å². The summed E-state index contributed by atoms with van der Waals surface area (Å²) in [6.07, 6.45) is 0.927. The lowest BCUT2D eigenvalue weighted by molar-refractivity contribution is -0.120. The largest absolute Gasteiger partial charge is 0.496 e. The van der Waals surface area contributed by atoms with E-state index in [1.54, 1.807) is 7.11 Å². The maximum Gasteiger partial charge on any atom is 0.243 e. The van der Waals surface area contributed by atoms with E-state index in [1.807, 2.05) is 54.3 Å². The lowest BCUT2D eigenvalue weighted by atomic mass is 10.1. The molecule has 1 heterocycles. The second kappa shape index (κ2) is 7.05. The van der Waals surface area contributed by atoms with Crippen molar-refractivity contribution in [3.8, 4) is 5.75 Å². The highest BCUT2D eigenvalue weighted by Crippen LogP contribution is 2.29. The topological polar surface area (TPSA) is 41.6 Å². The minimum Gasteiger partial charge on any atom is -0.496 e. The van der Waals surface area contributed by atoms with Crippen LogP contribution in [0.4, 0.5) is 5.69 Å². The molecule has 1 aliphatic rings. The van der Waals surface area contributed by atoms with Gasteiger partial charge in [-0.25, -0.2) is 0 Å². The molecule has 2 atom stereocenters. The first kappa shape index (κ1) is 16.5. The van der Waals surface area contributed by atoms with Gasteiger partial charge in [0, 0.05) is 23.8 Å². The third kappa shape index (κ3) is 3.15. The standard InChI is InChI=1S/C20H24N2O2/c1-14(17-9-5-7-11-19(17)24-3)21-15(2)20(23)22-13-12-16-8-4-6-10-18(16)22/h4-11,14-15,21H,12-13H2,1-3H3/t14-,15+/m0/s1. The van der Waals surface area contributed by atoms with Gasteiger partial charge in [0.1, 0.15) is 5.75 Å². The van der Waals surface area contributed by atoms with Crippen LogP contribution in [0.1, 0.15) is 31.0 Å². The highest BCUT2D eigenvalue weighted by atomic mass is 16.5. The van der Waals surface area contributed by atoms with Crippen molar-refractivity contribution in [1.29, 1.82) is 0 Å². The molecule has 0 aromatic heterocycles. The van der Waals surface area contributed by atoms with Crippen LogP contribution in [0, 0.1) is 0 Å². The maximum atomic E-state index is 12.9. The fourth-order valence-electron chi connectivity index (χ4n) is 3.36. The van der Waals surface area contributed by atoms with Crippen LogP contribution < -0.4 is 15.0 Å². The van der Waals surface area contributed by atoms with Crippen LogP contribution in [-0.2, 0) is 11.2 Å². The van der Waals surface area contributed by atoms with Crippen molar-refractivity contribution in [3.05, 3.63) is 59.7 Å². The lowest BCUT2D eigenvalue weighted by Crippen LogP contribution is -2.45. The molecule has 0 fully saturated rings. The smallest absolute Gasteiger partial charge is 0.243 e. The number of methoxy groups -OCH3 is 1. The van der Waals surface area contributed by atoms with Crippen molar-refractivity contribution in [3.63, 3.8) is 0 Å². The van der Waals surface area contributed by atoms with Gasteiger partial charge >= 0.3 is 0 Å². The molecule has 0 aliphatic carbocycles. The molecule has 4 heteroatoms. The van der Waals surface area contributed by atoms with E-state index in [4.69, 9.17) is 4.74 Å². The number of nitrogens with one attached hydrogen (secondary N) is 1. The van der Waals surface area contributed by atoms with Gasteiger partial charge in [0.05, 0.1) is 13.2 Å². The summed E-state index contributed by atoms with van der Waals surface area (Å²) in [5, 5.41) is 3.41. The van der Waals surface area contributed by atoms with E-state index in [1.165, 1.54) is 5.56 Å². The number of benzene rings is 2. The highest BCUT2D eigenvalue weighted by Gasteiger charge is 2.28. The Kier molecular flexibility index (Phi) is 4.86. The average molecular weight is 324 g/mol. The number of para-hydroxylation sites is 2. The molecule has 126 valence electrons. The SMILES string of the molecule is COc1ccccc1[C@H](C)N[C@H](C)C(=O)N1CCc2ccccc21. The molecule has 2 aromatic carbocycles. The number of anilines is 1. The molecule has 0 saturated carbocycles. The van der Waals surface area contributed by atoms with Gasteiger partial charge in [-0.05, 0) is 38.0 Å². The minimum absolute atomic E-state index is 0.0259. The van der Waals surface area contributed by atoms with E-state index in [0.29, 0.717) is 0 Å². The van der Waals surface area contributed by atoms with Crippen LogP contribution >= 0.6 is 0 Å². The quantitative estimate of drug-likeness (QED) is 0.917. The van der Waals surface area contributed by atoms with Gasteiger partial charge in [0.2, 0.25) is 5.91 Å². The molecule has 0 bridgehead atoms. The zero-order chi connectivity index (χ0) is 17.1. The zero-order valence-corrected chi connectivity index (χ0v) is 14.5. The highest BCUT2D eigenvalue weighted by molar-refractivity contribution is 5.98. The monoisotopic (exact) mass is 324 g/mol. The second-order valence-corrected chi connectivity index (χ2v) is 6.22. The number of hydrogen-bond donors (Lipinski definition) is 1. The van der Waals surface area contributed by atoms with Crippen molar-refractivity contribution in [1.82, 2.24) is 5.32 Å². The molecule has 1 N–H and O–H groups in total. The van der Waals surface area contributed by atoms with E-state index in [9.17, 15) is 4.79 Å². The van der Waals surface area contributed by atoms with Crippen LogP contribution in [0.3, 0.4) is 0 Å². The maximum absolute atomic E-state index is 12.9. The number of nitrogens with zero attached hydrogens (tertiary/aromatic N) is 1. The van der Waals surface area contributed by atoms with Crippen LogP contribution in [0.5, 0.6) is 5.75 Å². The van der Waals surface area contributed by atoms with Gasteiger partial charge in [-0.15, -0.1) is 0 Å². The summed E-state index contributed by atoms with van der Waals surface area (Å²) in [5.41, 5.74) is 3.35. The van der Waals surface area contributed by atoms with Crippen LogP contribution in [0.15, 0.2) is 48.5 Å². The Morgan fingerprint density at radius 2 is 1.83 bits per heavy atom. The number of rotatable bonds is 5. The fraction of sp³-hybridized carbons (Fsp3) is 0.350. The van der Waals surface area contributed by atoms with Gasteiger partial charge in [-0.3, -0.25) is 10.1 Å². The van der Waals surface area contributed by atoms with Gasteiger partial charge in [-0.1, -0.05) is 36.4 Å². The molecule has 1 aliphatic heterocycles. The molecular weight excluding hydrogens is 300 g/mol. The summed E-state index contributed by atoms with van der Waals surface area (Å²) >= 11 is 0. The van der Waals surface area contributed by atoms with Gasteiger partial charge in [0.25, 0.3) is 0 Å². The number of fused-ring (bicyclic) bond motifs is 1. The molecular formula is C20H24N2O2. The molecule has 2 aromatic rings. The first-order chi connectivity index (χ1) is 11.6. The van der Waals surface area contributed by atoms with E-state index in [-0.39, 0.29) is 18.0 Å². The number of hydrogen-bond acceptors (Lipinski definition) is 3. The van der Waals surface area contributed by atoms with E-state index in [2.05, 4.69) is 18.3 Å². The summed E-state index contributed by atoms with van der Waals surface area (Å²) < 4.78 is 5.42. The average Bonchev–Trinajstić information content (AvgIpc) is 3.04. The lowest BCUT2D eigenvalue weighted by Gasteiger charge is -2.26. The number of ether oxygens (including phenoxy) is 1. The molecule has 0 radical (unpaired) electrons. The molecule has 0 spiro atoms. The summed E-state index contributed by atoms with van der Waals surface area (Å²) in [4.78, 5) is 14.8. The number of carbonyl (C=O) groups is 1. The molecule has 3 rings (SSSR count). The van der Waals surface area contributed by atoms with Gasteiger partial charge in [-0.2, -0.15) is 0 Å². The minimum atomic E-state index is -0.268. The predicted molar refractivity (Wildman–Crippen MR) is 96.5 cm³/mol.